The molecular weight excluding hydrogens is 366 g/mol. The van der Waals surface area contributed by atoms with Crippen LogP contribution in [0.2, 0.25) is 0 Å². The lowest BCUT2D eigenvalue weighted by Gasteiger charge is -2.23. The van der Waals surface area contributed by atoms with Gasteiger partial charge in [0.25, 0.3) is 5.91 Å². The SMILES string of the molecule is CN1CC(c2cc(F)cc(F)c2)C(C(=O)N(N)c2ccc(F)cc2F)C1=O. The second kappa shape index (κ2) is 6.99. The summed E-state index contributed by atoms with van der Waals surface area (Å²) in [6.07, 6.45) is 0. The number of rotatable bonds is 3. The Kier molecular flexibility index (Phi) is 4.88. The number of hydrogen-bond donors (Lipinski definition) is 1. The van der Waals surface area contributed by atoms with Crippen molar-refractivity contribution in [2.75, 3.05) is 18.6 Å². The number of likely N-dealkylation sites (N-methyl/N-ethyl adjacent to an activating group) is 1. The van der Waals surface area contributed by atoms with Crippen molar-refractivity contribution in [2.45, 2.75) is 5.92 Å². The fourth-order valence-corrected chi connectivity index (χ4v) is 3.21. The highest BCUT2D eigenvalue weighted by Crippen LogP contribution is 2.35. The Morgan fingerprint density at radius 3 is 2.30 bits per heavy atom. The van der Waals surface area contributed by atoms with E-state index < -0.39 is 52.6 Å². The van der Waals surface area contributed by atoms with Gasteiger partial charge in [0.05, 0.1) is 5.69 Å². The summed E-state index contributed by atoms with van der Waals surface area (Å²) in [7, 11) is 1.43. The van der Waals surface area contributed by atoms with Gasteiger partial charge in [-0.3, -0.25) is 9.59 Å². The summed E-state index contributed by atoms with van der Waals surface area (Å²) >= 11 is 0. The Morgan fingerprint density at radius 2 is 1.70 bits per heavy atom. The van der Waals surface area contributed by atoms with E-state index in [0.29, 0.717) is 17.1 Å². The van der Waals surface area contributed by atoms with Crippen LogP contribution in [-0.4, -0.2) is 30.3 Å². The molecule has 3 rings (SSSR count). The maximum Gasteiger partial charge on any atom is 0.254 e. The van der Waals surface area contributed by atoms with Crippen molar-refractivity contribution < 1.29 is 27.2 Å². The zero-order valence-electron chi connectivity index (χ0n) is 14.1. The third-order valence-corrected chi connectivity index (χ3v) is 4.50. The van der Waals surface area contributed by atoms with E-state index in [-0.39, 0.29) is 12.1 Å². The molecule has 0 radical (unpaired) electrons. The number of carbonyl (C=O) groups is 2. The number of carbonyl (C=O) groups excluding carboxylic acids is 2. The first-order valence-corrected chi connectivity index (χ1v) is 7.93. The van der Waals surface area contributed by atoms with Gasteiger partial charge in [-0.2, -0.15) is 0 Å². The van der Waals surface area contributed by atoms with E-state index in [1.165, 1.54) is 11.9 Å². The van der Waals surface area contributed by atoms with E-state index in [4.69, 9.17) is 5.84 Å². The minimum absolute atomic E-state index is 0.0257. The lowest BCUT2D eigenvalue weighted by atomic mass is 9.87. The summed E-state index contributed by atoms with van der Waals surface area (Å²) in [5.74, 6) is -1.84. The molecule has 9 heteroatoms. The molecule has 0 saturated carbocycles. The number of halogens is 4. The molecule has 1 aliphatic rings. The third kappa shape index (κ3) is 3.50. The van der Waals surface area contributed by atoms with E-state index in [9.17, 15) is 27.2 Å². The zero-order valence-corrected chi connectivity index (χ0v) is 14.1. The van der Waals surface area contributed by atoms with E-state index >= 15 is 0 Å². The molecule has 2 aromatic rings. The summed E-state index contributed by atoms with van der Waals surface area (Å²) in [6.45, 7) is 0.0257. The molecular formula is C18H15F4N3O2. The second-order valence-electron chi connectivity index (χ2n) is 6.31. The van der Waals surface area contributed by atoms with Crippen LogP contribution in [0.15, 0.2) is 36.4 Å². The molecule has 2 atom stereocenters. The maximum atomic E-state index is 13.9. The number of amides is 2. The molecule has 27 heavy (non-hydrogen) atoms. The highest BCUT2D eigenvalue weighted by molar-refractivity contribution is 6.09. The largest absolute Gasteiger partial charge is 0.344 e. The fourth-order valence-electron chi connectivity index (χ4n) is 3.21. The van der Waals surface area contributed by atoms with Gasteiger partial charge in [-0.15, -0.1) is 0 Å². The predicted molar refractivity (Wildman–Crippen MR) is 88.3 cm³/mol. The molecule has 0 spiro atoms. The van der Waals surface area contributed by atoms with Crippen LogP contribution < -0.4 is 10.9 Å². The minimum Gasteiger partial charge on any atom is -0.344 e. The Morgan fingerprint density at radius 1 is 1.07 bits per heavy atom. The summed E-state index contributed by atoms with van der Waals surface area (Å²) in [6, 6.07) is 5.14. The fraction of sp³-hybridized carbons (Fsp3) is 0.222. The molecule has 142 valence electrons. The summed E-state index contributed by atoms with van der Waals surface area (Å²) < 4.78 is 54.2. The Labute approximate surface area is 151 Å². The van der Waals surface area contributed by atoms with Crippen LogP contribution in [-0.2, 0) is 9.59 Å². The average molecular weight is 381 g/mol. The van der Waals surface area contributed by atoms with Crippen LogP contribution in [0.5, 0.6) is 0 Å². The topological polar surface area (TPSA) is 66.6 Å². The average Bonchev–Trinajstić information content (AvgIpc) is 2.88. The van der Waals surface area contributed by atoms with Crippen LogP contribution in [0.25, 0.3) is 0 Å². The molecule has 1 fully saturated rings. The minimum atomic E-state index is -1.40. The quantitative estimate of drug-likeness (QED) is 0.292. The number of nitrogens with two attached hydrogens (primary N) is 1. The molecule has 2 aromatic carbocycles. The maximum absolute atomic E-state index is 13.9. The standard InChI is InChI=1S/C18H15F4N3O2/c1-24-8-13(9-4-11(20)6-12(21)5-9)16(17(24)26)18(27)25(23)15-3-2-10(19)7-14(15)22/h2-7,13,16H,8,23H2,1H3. The van der Waals surface area contributed by atoms with E-state index in [2.05, 4.69) is 0 Å². The molecule has 1 aliphatic heterocycles. The smallest absolute Gasteiger partial charge is 0.254 e. The third-order valence-electron chi connectivity index (χ3n) is 4.50. The molecule has 2 unspecified atom stereocenters. The molecule has 0 aliphatic carbocycles. The molecule has 1 saturated heterocycles. The number of hydrogen-bond acceptors (Lipinski definition) is 3. The van der Waals surface area contributed by atoms with Gasteiger partial charge >= 0.3 is 0 Å². The predicted octanol–water partition coefficient (Wildman–Crippen LogP) is 2.32. The van der Waals surface area contributed by atoms with Gasteiger partial charge in [-0.25, -0.2) is 28.4 Å². The highest BCUT2D eigenvalue weighted by atomic mass is 19.1. The van der Waals surface area contributed by atoms with Crippen LogP contribution in [0.1, 0.15) is 11.5 Å². The van der Waals surface area contributed by atoms with Crippen molar-refractivity contribution in [2.24, 2.45) is 11.8 Å². The molecule has 5 nitrogen and oxygen atoms in total. The number of benzene rings is 2. The summed E-state index contributed by atoms with van der Waals surface area (Å²) in [5.41, 5.74) is -0.315. The normalized spacial score (nSPS) is 19.5. The lowest BCUT2D eigenvalue weighted by Crippen LogP contribution is -2.45. The van der Waals surface area contributed by atoms with Crippen molar-refractivity contribution in [1.82, 2.24) is 4.90 Å². The highest BCUT2D eigenvalue weighted by Gasteiger charge is 2.46. The van der Waals surface area contributed by atoms with Gasteiger partial charge in [0.1, 0.15) is 23.4 Å². The molecule has 2 amide bonds. The van der Waals surface area contributed by atoms with Crippen molar-refractivity contribution in [3.8, 4) is 0 Å². The van der Waals surface area contributed by atoms with Crippen LogP contribution in [0.3, 0.4) is 0 Å². The van der Waals surface area contributed by atoms with Crippen LogP contribution >= 0.6 is 0 Å². The Bertz CT molecular complexity index is 901. The molecule has 0 aromatic heterocycles. The van der Waals surface area contributed by atoms with E-state index in [1.54, 1.807) is 0 Å². The van der Waals surface area contributed by atoms with E-state index in [0.717, 1.165) is 24.3 Å². The number of hydrazine groups is 1. The number of anilines is 1. The van der Waals surface area contributed by atoms with Crippen molar-refractivity contribution in [3.63, 3.8) is 0 Å². The van der Waals surface area contributed by atoms with Gasteiger partial charge in [0.15, 0.2) is 5.82 Å². The van der Waals surface area contributed by atoms with Crippen molar-refractivity contribution >= 4 is 17.5 Å². The van der Waals surface area contributed by atoms with Crippen molar-refractivity contribution in [1.29, 1.82) is 0 Å². The summed E-state index contributed by atoms with van der Waals surface area (Å²) in [4.78, 5) is 26.5. The first-order valence-electron chi connectivity index (χ1n) is 7.93. The Hall–Kier alpha value is -2.94. The van der Waals surface area contributed by atoms with E-state index in [1.807, 2.05) is 0 Å². The van der Waals surface area contributed by atoms with Gasteiger partial charge in [-0.1, -0.05) is 0 Å². The molecule has 2 N–H and O–H groups in total. The molecule has 1 heterocycles. The van der Waals surface area contributed by atoms with Gasteiger partial charge in [0.2, 0.25) is 5.91 Å². The summed E-state index contributed by atoms with van der Waals surface area (Å²) in [5, 5.41) is 0.416. The monoisotopic (exact) mass is 381 g/mol. The zero-order chi connectivity index (χ0) is 19.9. The molecule has 0 bridgehead atoms. The number of likely N-dealkylation sites (tertiary alicyclic amines) is 1. The van der Waals surface area contributed by atoms with Gasteiger partial charge in [-0.05, 0) is 29.8 Å². The number of nitrogens with zero attached hydrogens (tertiary/aromatic N) is 2. The van der Waals surface area contributed by atoms with Gasteiger partial charge < -0.3 is 4.90 Å². The Balaban J connectivity index is 1.98. The van der Waals surface area contributed by atoms with Crippen molar-refractivity contribution in [3.05, 3.63) is 65.2 Å². The lowest BCUT2D eigenvalue weighted by molar-refractivity contribution is -0.136. The van der Waals surface area contributed by atoms with Crippen LogP contribution in [0, 0.1) is 29.2 Å². The van der Waals surface area contributed by atoms with Crippen LogP contribution in [0.4, 0.5) is 23.2 Å². The van der Waals surface area contributed by atoms with Gasteiger partial charge in [0, 0.05) is 31.6 Å². The second-order valence-corrected chi connectivity index (χ2v) is 6.31. The first kappa shape index (κ1) is 18.8. The first-order chi connectivity index (χ1) is 12.7.